The zero-order valence-electron chi connectivity index (χ0n) is 13.2. The molecule has 1 amide bonds. The van der Waals surface area contributed by atoms with Crippen LogP contribution in [0.15, 0.2) is 73.3 Å². The molecule has 0 saturated carbocycles. The van der Waals surface area contributed by atoms with E-state index in [0.29, 0.717) is 18.5 Å². The fraction of sp³-hybridized carbons (Fsp3) is 0.158. The number of hydrogen-bond acceptors (Lipinski definition) is 3. The second kappa shape index (κ2) is 7.57. The van der Waals surface area contributed by atoms with E-state index in [2.05, 4.69) is 10.3 Å². The second-order valence-corrected chi connectivity index (χ2v) is 5.49. The fourth-order valence-electron chi connectivity index (χ4n) is 2.46. The van der Waals surface area contributed by atoms with Crippen molar-refractivity contribution in [1.29, 1.82) is 0 Å². The molecule has 2 N–H and O–H groups in total. The number of nitrogens with zero attached hydrogens (tertiary/aromatic N) is 2. The molecule has 5 nitrogen and oxygen atoms in total. The Morgan fingerprint density at radius 1 is 1.12 bits per heavy atom. The van der Waals surface area contributed by atoms with Gasteiger partial charge in [0.05, 0.1) is 12.4 Å². The number of aliphatic hydroxyl groups excluding tert-OH is 1. The zero-order chi connectivity index (χ0) is 16.8. The van der Waals surface area contributed by atoms with E-state index in [1.165, 1.54) is 0 Å². The molecule has 0 radical (unpaired) electrons. The van der Waals surface area contributed by atoms with Gasteiger partial charge in [-0.1, -0.05) is 30.3 Å². The average Bonchev–Trinajstić information content (AvgIpc) is 3.17. The molecule has 24 heavy (non-hydrogen) atoms. The Bertz CT molecular complexity index is 768. The predicted octanol–water partition coefficient (Wildman–Crippen LogP) is 2.73. The molecule has 3 aromatic rings. The number of benzene rings is 2. The molecule has 0 saturated heterocycles. The van der Waals surface area contributed by atoms with Crippen LogP contribution in [0.2, 0.25) is 0 Å². The van der Waals surface area contributed by atoms with E-state index in [1.54, 1.807) is 24.7 Å². The molecule has 3 rings (SSSR count). The van der Waals surface area contributed by atoms with Crippen LogP contribution in [0, 0.1) is 0 Å². The van der Waals surface area contributed by atoms with Crippen molar-refractivity contribution in [2.75, 3.05) is 6.54 Å². The largest absolute Gasteiger partial charge is 0.388 e. The number of amides is 1. The molecular formula is C19H19N3O2. The minimum Gasteiger partial charge on any atom is -0.388 e. The van der Waals surface area contributed by atoms with Gasteiger partial charge < -0.3 is 15.0 Å². The van der Waals surface area contributed by atoms with Crippen molar-refractivity contribution in [1.82, 2.24) is 14.9 Å². The van der Waals surface area contributed by atoms with Gasteiger partial charge in [-0.2, -0.15) is 0 Å². The maximum absolute atomic E-state index is 12.1. The fourth-order valence-corrected chi connectivity index (χ4v) is 2.46. The smallest absolute Gasteiger partial charge is 0.251 e. The molecule has 1 unspecified atom stereocenters. The van der Waals surface area contributed by atoms with Gasteiger partial charge in [-0.15, -0.1) is 0 Å². The van der Waals surface area contributed by atoms with E-state index in [0.717, 1.165) is 11.3 Å². The Hall–Kier alpha value is -2.92. The quantitative estimate of drug-likeness (QED) is 0.733. The maximum atomic E-state index is 12.1. The van der Waals surface area contributed by atoms with Gasteiger partial charge in [-0.25, -0.2) is 4.98 Å². The summed E-state index contributed by atoms with van der Waals surface area (Å²) >= 11 is 0. The van der Waals surface area contributed by atoms with E-state index in [4.69, 9.17) is 0 Å². The number of carbonyl (C=O) groups is 1. The van der Waals surface area contributed by atoms with Gasteiger partial charge in [-0.3, -0.25) is 4.79 Å². The monoisotopic (exact) mass is 321 g/mol. The molecule has 2 aromatic carbocycles. The van der Waals surface area contributed by atoms with Crippen LogP contribution in [0.5, 0.6) is 0 Å². The molecule has 1 aromatic heterocycles. The summed E-state index contributed by atoms with van der Waals surface area (Å²) in [5, 5.41) is 12.9. The number of hydrogen-bond donors (Lipinski definition) is 2. The zero-order valence-corrected chi connectivity index (χ0v) is 13.2. The van der Waals surface area contributed by atoms with Gasteiger partial charge in [0.25, 0.3) is 5.91 Å². The highest BCUT2D eigenvalue weighted by Gasteiger charge is 2.09. The van der Waals surface area contributed by atoms with E-state index >= 15 is 0 Å². The number of aliphatic hydroxyl groups is 1. The summed E-state index contributed by atoms with van der Waals surface area (Å²) < 4.78 is 1.87. The van der Waals surface area contributed by atoms with Crippen molar-refractivity contribution in [2.24, 2.45) is 0 Å². The lowest BCUT2D eigenvalue weighted by Crippen LogP contribution is -2.25. The van der Waals surface area contributed by atoms with Crippen LogP contribution >= 0.6 is 0 Å². The first kappa shape index (κ1) is 16.0. The van der Waals surface area contributed by atoms with Gasteiger partial charge in [0.2, 0.25) is 0 Å². The highest BCUT2D eigenvalue weighted by molar-refractivity contribution is 5.94. The normalized spacial score (nSPS) is 11.9. The van der Waals surface area contributed by atoms with Crippen molar-refractivity contribution in [2.45, 2.75) is 12.5 Å². The topological polar surface area (TPSA) is 67.2 Å². The number of carbonyl (C=O) groups excluding carboxylic acids is 1. The lowest BCUT2D eigenvalue weighted by Gasteiger charge is -2.12. The Labute approximate surface area is 140 Å². The minimum atomic E-state index is -0.574. The molecule has 5 heteroatoms. The molecular weight excluding hydrogens is 302 g/mol. The predicted molar refractivity (Wildman–Crippen MR) is 91.9 cm³/mol. The van der Waals surface area contributed by atoms with Crippen molar-refractivity contribution in [3.8, 4) is 5.69 Å². The molecule has 122 valence electrons. The highest BCUT2D eigenvalue weighted by Crippen LogP contribution is 2.15. The van der Waals surface area contributed by atoms with Crippen LogP contribution in [-0.2, 0) is 0 Å². The van der Waals surface area contributed by atoms with Crippen LogP contribution in [-0.4, -0.2) is 27.1 Å². The van der Waals surface area contributed by atoms with Crippen LogP contribution in [0.25, 0.3) is 5.69 Å². The summed E-state index contributed by atoms with van der Waals surface area (Å²) in [6.07, 6.45) is 5.16. The van der Waals surface area contributed by atoms with Gasteiger partial charge in [-0.05, 0) is 36.2 Å². The molecule has 0 aliphatic rings. The molecule has 0 bridgehead atoms. The number of rotatable bonds is 6. The lowest BCUT2D eigenvalue weighted by atomic mass is 10.1. The van der Waals surface area contributed by atoms with Crippen molar-refractivity contribution >= 4 is 5.91 Å². The SMILES string of the molecule is O=C(NCCC(O)c1ccccc1)c1ccc(-n2ccnc2)cc1. The van der Waals surface area contributed by atoms with Crippen molar-refractivity contribution < 1.29 is 9.90 Å². The number of nitrogens with one attached hydrogen (secondary N) is 1. The van der Waals surface area contributed by atoms with Crippen LogP contribution < -0.4 is 5.32 Å². The van der Waals surface area contributed by atoms with Gasteiger partial charge >= 0.3 is 0 Å². The van der Waals surface area contributed by atoms with Crippen LogP contribution in [0.1, 0.15) is 28.4 Å². The first-order chi connectivity index (χ1) is 11.7. The van der Waals surface area contributed by atoms with Gasteiger partial charge in [0, 0.05) is 30.2 Å². The molecule has 0 aliphatic carbocycles. The molecule has 0 spiro atoms. The summed E-state index contributed by atoms with van der Waals surface area (Å²) in [5.41, 5.74) is 2.40. The Morgan fingerprint density at radius 3 is 2.54 bits per heavy atom. The number of imidazole rings is 1. The van der Waals surface area contributed by atoms with Gasteiger partial charge in [0.15, 0.2) is 0 Å². The first-order valence-electron chi connectivity index (χ1n) is 7.83. The molecule has 1 heterocycles. The van der Waals surface area contributed by atoms with Gasteiger partial charge in [0.1, 0.15) is 0 Å². The van der Waals surface area contributed by atoms with Crippen molar-refractivity contribution in [3.63, 3.8) is 0 Å². The molecule has 0 aliphatic heterocycles. The maximum Gasteiger partial charge on any atom is 0.251 e. The average molecular weight is 321 g/mol. The summed E-state index contributed by atoms with van der Waals surface area (Å²) in [5.74, 6) is -0.146. The third-order valence-electron chi connectivity index (χ3n) is 3.82. The lowest BCUT2D eigenvalue weighted by molar-refractivity contribution is 0.0942. The summed E-state index contributed by atoms with van der Waals surface area (Å²) in [6, 6.07) is 16.7. The molecule has 0 fully saturated rings. The minimum absolute atomic E-state index is 0.146. The third-order valence-corrected chi connectivity index (χ3v) is 3.82. The highest BCUT2D eigenvalue weighted by atomic mass is 16.3. The first-order valence-corrected chi connectivity index (χ1v) is 7.83. The summed E-state index contributed by atoms with van der Waals surface area (Å²) in [6.45, 7) is 0.415. The van der Waals surface area contributed by atoms with E-state index in [9.17, 15) is 9.90 Å². The standard InChI is InChI=1S/C19H19N3O2/c23-18(15-4-2-1-3-5-15)10-11-21-19(24)16-6-8-17(9-7-16)22-13-12-20-14-22/h1-9,12-14,18,23H,10-11H2,(H,21,24). The van der Waals surface area contributed by atoms with Crippen LogP contribution in [0.3, 0.4) is 0 Å². The van der Waals surface area contributed by atoms with E-state index < -0.39 is 6.10 Å². The molecule has 1 atom stereocenters. The summed E-state index contributed by atoms with van der Waals surface area (Å²) in [4.78, 5) is 16.1. The Kier molecular flexibility index (Phi) is 5.03. The number of aromatic nitrogens is 2. The van der Waals surface area contributed by atoms with E-state index in [1.807, 2.05) is 53.2 Å². The summed E-state index contributed by atoms with van der Waals surface area (Å²) in [7, 11) is 0. The van der Waals surface area contributed by atoms with Crippen molar-refractivity contribution in [3.05, 3.63) is 84.4 Å². The Balaban J connectivity index is 1.52. The van der Waals surface area contributed by atoms with E-state index in [-0.39, 0.29) is 5.91 Å². The second-order valence-electron chi connectivity index (χ2n) is 5.49. The Morgan fingerprint density at radius 2 is 1.88 bits per heavy atom. The van der Waals surface area contributed by atoms with Crippen LogP contribution in [0.4, 0.5) is 0 Å². The third kappa shape index (κ3) is 3.88.